The maximum Gasteiger partial charge on any atom is 0.258 e. The average Bonchev–Trinajstić information content (AvgIpc) is 3.41. The number of hydrogen-bond acceptors (Lipinski definition) is 8. The minimum absolute atomic E-state index is 0.122. The molecule has 1 aromatic carbocycles. The summed E-state index contributed by atoms with van der Waals surface area (Å²) in [6, 6.07) is 6.01. The first-order valence-corrected chi connectivity index (χ1v) is 13.3. The number of rotatable bonds is 8. The Labute approximate surface area is 218 Å². The van der Waals surface area contributed by atoms with Gasteiger partial charge < -0.3 is 20.4 Å². The van der Waals surface area contributed by atoms with Gasteiger partial charge in [-0.1, -0.05) is 11.6 Å². The van der Waals surface area contributed by atoms with Gasteiger partial charge in [0.15, 0.2) is 5.65 Å². The van der Waals surface area contributed by atoms with Gasteiger partial charge in [-0.25, -0.2) is 4.98 Å². The molecule has 4 aromatic rings. The molecule has 1 atom stereocenters. The van der Waals surface area contributed by atoms with Crippen LogP contribution in [0.5, 0.6) is 0 Å². The monoisotopic (exact) mass is 527 g/mol. The van der Waals surface area contributed by atoms with E-state index in [1.165, 1.54) is 24.0 Å². The normalized spacial score (nSPS) is 16.5. The van der Waals surface area contributed by atoms with Crippen LogP contribution in [0.1, 0.15) is 29.6 Å². The summed E-state index contributed by atoms with van der Waals surface area (Å²) in [5.74, 6) is 0.0581. The van der Waals surface area contributed by atoms with E-state index in [9.17, 15) is 9.59 Å². The number of amides is 1. The molecule has 11 heteroatoms. The summed E-state index contributed by atoms with van der Waals surface area (Å²) in [4.78, 5) is 41.0. The van der Waals surface area contributed by atoms with Crippen molar-refractivity contribution >= 4 is 60.9 Å². The van der Waals surface area contributed by atoms with E-state index in [1.54, 1.807) is 6.07 Å². The third-order valence-electron chi connectivity index (χ3n) is 6.74. The van der Waals surface area contributed by atoms with Crippen molar-refractivity contribution in [2.45, 2.75) is 25.3 Å². The van der Waals surface area contributed by atoms with Crippen LogP contribution in [-0.2, 0) is 0 Å². The number of pyridine rings is 1. The number of benzene rings is 1. The van der Waals surface area contributed by atoms with Crippen LogP contribution in [0.3, 0.4) is 0 Å². The fourth-order valence-electron chi connectivity index (χ4n) is 4.78. The molecule has 0 spiro atoms. The number of halogens is 1. The molecule has 0 saturated carbocycles. The number of nitrogens with zero attached hydrogens (tertiary/aromatic N) is 5. The molecular weight excluding hydrogens is 498 g/mol. The molecule has 1 fully saturated rings. The SMILES string of the molecule is CN(C)CCNc1ncc2c(=O)c(C(=O)NCCC3CCCN3C)c3sc4ccc(Cl)cc4n3c2n1. The van der Waals surface area contributed by atoms with Gasteiger partial charge in [0.1, 0.15) is 10.4 Å². The van der Waals surface area contributed by atoms with Gasteiger partial charge in [0.25, 0.3) is 5.91 Å². The number of anilines is 1. The van der Waals surface area contributed by atoms with Crippen molar-refractivity contribution in [3.8, 4) is 0 Å². The second kappa shape index (κ2) is 10.3. The number of aromatic nitrogens is 3. The van der Waals surface area contributed by atoms with E-state index < -0.39 is 0 Å². The van der Waals surface area contributed by atoms with Crippen molar-refractivity contribution in [2.75, 3.05) is 52.6 Å². The summed E-state index contributed by atoms with van der Waals surface area (Å²) in [5.41, 5.74) is 1.01. The van der Waals surface area contributed by atoms with Crippen LogP contribution in [-0.4, -0.2) is 83.4 Å². The molecule has 190 valence electrons. The minimum Gasteiger partial charge on any atom is -0.353 e. The van der Waals surface area contributed by atoms with Gasteiger partial charge >= 0.3 is 0 Å². The van der Waals surface area contributed by atoms with Crippen LogP contribution in [0.25, 0.3) is 26.1 Å². The molecule has 5 rings (SSSR count). The molecule has 4 heterocycles. The number of nitrogens with one attached hydrogen (secondary N) is 2. The predicted octanol–water partition coefficient (Wildman–Crippen LogP) is 3.30. The lowest BCUT2D eigenvalue weighted by atomic mass is 10.1. The zero-order chi connectivity index (χ0) is 25.4. The second-order valence-electron chi connectivity index (χ2n) is 9.54. The molecule has 1 amide bonds. The molecule has 9 nitrogen and oxygen atoms in total. The molecule has 2 N–H and O–H groups in total. The average molecular weight is 528 g/mol. The zero-order valence-electron chi connectivity index (χ0n) is 20.7. The number of carbonyl (C=O) groups is 1. The number of fused-ring (bicyclic) bond motifs is 5. The zero-order valence-corrected chi connectivity index (χ0v) is 22.2. The molecule has 1 aliphatic heterocycles. The molecule has 1 unspecified atom stereocenters. The van der Waals surface area contributed by atoms with Gasteiger partial charge in [0, 0.05) is 36.9 Å². The summed E-state index contributed by atoms with van der Waals surface area (Å²) in [5, 5.41) is 7.07. The fourth-order valence-corrected chi connectivity index (χ4v) is 6.11. The van der Waals surface area contributed by atoms with Gasteiger partial charge in [-0.2, -0.15) is 4.98 Å². The number of hydrogen-bond donors (Lipinski definition) is 2. The van der Waals surface area contributed by atoms with E-state index in [4.69, 9.17) is 11.6 Å². The molecule has 0 aliphatic carbocycles. The summed E-state index contributed by atoms with van der Waals surface area (Å²) >= 11 is 7.72. The highest BCUT2D eigenvalue weighted by Crippen LogP contribution is 2.32. The van der Waals surface area contributed by atoms with Crippen LogP contribution >= 0.6 is 22.9 Å². The molecule has 1 aliphatic rings. The largest absolute Gasteiger partial charge is 0.353 e. The topological polar surface area (TPSA) is 94.9 Å². The third kappa shape index (κ3) is 4.78. The Hall–Kier alpha value is -2.79. The Kier molecular flexibility index (Phi) is 7.11. The van der Waals surface area contributed by atoms with Crippen LogP contribution in [0.4, 0.5) is 5.95 Å². The van der Waals surface area contributed by atoms with Crippen molar-refractivity contribution < 1.29 is 4.79 Å². The Morgan fingerprint density at radius 2 is 2.14 bits per heavy atom. The lowest BCUT2D eigenvalue weighted by Gasteiger charge is -2.19. The predicted molar refractivity (Wildman–Crippen MR) is 147 cm³/mol. The van der Waals surface area contributed by atoms with Crippen molar-refractivity contribution in [3.63, 3.8) is 0 Å². The summed E-state index contributed by atoms with van der Waals surface area (Å²) in [7, 11) is 6.10. The van der Waals surface area contributed by atoms with E-state index in [0.717, 1.165) is 36.1 Å². The molecule has 1 saturated heterocycles. The quantitative estimate of drug-likeness (QED) is 0.363. The maximum absolute atomic E-state index is 13.6. The molecule has 36 heavy (non-hydrogen) atoms. The van der Waals surface area contributed by atoms with E-state index in [-0.39, 0.29) is 16.9 Å². The van der Waals surface area contributed by atoms with Gasteiger partial charge in [-0.15, -0.1) is 11.3 Å². The van der Waals surface area contributed by atoms with Crippen molar-refractivity contribution in [2.24, 2.45) is 0 Å². The first-order chi connectivity index (χ1) is 17.3. The Balaban J connectivity index is 1.58. The number of likely N-dealkylation sites (N-methyl/N-ethyl adjacent to an activating group) is 1. The first kappa shape index (κ1) is 24.9. The molecule has 0 radical (unpaired) electrons. The van der Waals surface area contributed by atoms with E-state index in [1.807, 2.05) is 30.6 Å². The van der Waals surface area contributed by atoms with E-state index >= 15 is 0 Å². The Morgan fingerprint density at radius 3 is 2.89 bits per heavy atom. The van der Waals surface area contributed by atoms with Crippen LogP contribution < -0.4 is 16.1 Å². The van der Waals surface area contributed by atoms with Crippen LogP contribution in [0.2, 0.25) is 5.02 Å². The van der Waals surface area contributed by atoms with Gasteiger partial charge in [-0.05, 0) is 65.1 Å². The Morgan fingerprint density at radius 1 is 1.31 bits per heavy atom. The highest BCUT2D eigenvalue weighted by atomic mass is 35.5. The van der Waals surface area contributed by atoms with E-state index in [0.29, 0.717) is 46.0 Å². The lowest BCUT2D eigenvalue weighted by Crippen LogP contribution is -2.34. The van der Waals surface area contributed by atoms with Crippen molar-refractivity contribution in [3.05, 3.63) is 45.2 Å². The van der Waals surface area contributed by atoms with Crippen LogP contribution in [0.15, 0.2) is 29.2 Å². The number of thiazole rings is 1. The summed E-state index contributed by atoms with van der Waals surface area (Å²) in [6.07, 6.45) is 4.67. The summed E-state index contributed by atoms with van der Waals surface area (Å²) < 4.78 is 2.77. The van der Waals surface area contributed by atoms with Gasteiger partial charge in [0.05, 0.1) is 15.6 Å². The fraction of sp³-hybridized carbons (Fsp3) is 0.440. The standard InChI is InChI=1S/C25H30ClN7O2S/c1-31(2)12-10-28-25-29-14-17-21(34)20(23(35)27-9-8-16-5-4-11-32(16)3)24-33(22(17)30-25)18-13-15(26)6-7-19(18)36-24/h6-7,13-14,16H,4-5,8-12H2,1-3H3,(H,27,35)(H,28,29,30). The molecule has 0 bridgehead atoms. The first-order valence-electron chi connectivity index (χ1n) is 12.1. The van der Waals surface area contributed by atoms with Gasteiger partial charge in [-0.3, -0.25) is 14.0 Å². The summed E-state index contributed by atoms with van der Waals surface area (Å²) in [6.45, 7) is 3.06. The molecular formula is C25H30ClN7O2S. The Bertz CT molecular complexity index is 1500. The smallest absolute Gasteiger partial charge is 0.258 e. The highest BCUT2D eigenvalue weighted by Gasteiger charge is 2.24. The van der Waals surface area contributed by atoms with Gasteiger partial charge in [0.2, 0.25) is 11.4 Å². The third-order valence-corrected chi connectivity index (χ3v) is 8.12. The maximum atomic E-state index is 13.6. The van der Waals surface area contributed by atoms with Crippen LogP contribution in [0, 0.1) is 0 Å². The van der Waals surface area contributed by atoms with Crippen molar-refractivity contribution in [1.29, 1.82) is 0 Å². The number of likely N-dealkylation sites (tertiary alicyclic amines) is 1. The molecule has 3 aromatic heterocycles. The van der Waals surface area contributed by atoms with E-state index in [2.05, 4.69) is 37.4 Å². The highest BCUT2D eigenvalue weighted by molar-refractivity contribution is 7.24. The lowest BCUT2D eigenvalue weighted by molar-refractivity contribution is 0.0951. The second-order valence-corrected chi connectivity index (χ2v) is 11.0. The van der Waals surface area contributed by atoms with Crippen molar-refractivity contribution in [1.82, 2.24) is 29.5 Å². The minimum atomic E-state index is -0.370. The number of carbonyl (C=O) groups excluding carboxylic acids is 1.